The third kappa shape index (κ3) is 4.51. The maximum absolute atomic E-state index is 13.1. The molecule has 1 aromatic carbocycles. The minimum absolute atomic E-state index is 0.0797. The van der Waals surface area contributed by atoms with Crippen LogP contribution in [0.25, 0.3) is 0 Å². The first-order valence-electron chi connectivity index (χ1n) is 7.08. The van der Waals surface area contributed by atoms with E-state index in [1.807, 2.05) is 0 Å². The summed E-state index contributed by atoms with van der Waals surface area (Å²) in [4.78, 5) is 12.2. The van der Waals surface area contributed by atoms with Gasteiger partial charge in [0, 0.05) is 19.8 Å². The van der Waals surface area contributed by atoms with Crippen molar-refractivity contribution in [3.63, 3.8) is 0 Å². The van der Waals surface area contributed by atoms with Gasteiger partial charge in [0.05, 0.1) is 7.11 Å². The molecule has 118 valence electrons. The Labute approximate surface area is 125 Å². The lowest BCUT2D eigenvalue weighted by atomic mass is 9.77. The molecule has 1 rings (SSSR count). The summed E-state index contributed by atoms with van der Waals surface area (Å²) >= 11 is 0. The summed E-state index contributed by atoms with van der Waals surface area (Å²) in [5.74, 6) is -0.364. The minimum Gasteiger partial charge on any atom is -0.468 e. The summed E-state index contributed by atoms with van der Waals surface area (Å²) in [6, 6.07) is 5.78. The van der Waals surface area contributed by atoms with Gasteiger partial charge in [-0.3, -0.25) is 4.79 Å². The molecule has 0 amide bonds. The van der Waals surface area contributed by atoms with Gasteiger partial charge in [0.1, 0.15) is 11.2 Å². The molecule has 0 aromatic heterocycles. The quantitative estimate of drug-likeness (QED) is 0.590. The van der Waals surface area contributed by atoms with Crippen LogP contribution in [0.1, 0.15) is 25.8 Å². The predicted octanol–water partition coefficient (Wildman–Crippen LogP) is 2.26. The van der Waals surface area contributed by atoms with Gasteiger partial charge in [0.2, 0.25) is 0 Å². The van der Waals surface area contributed by atoms with Crippen molar-refractivity contribution >= 4 is 5.97 Å². The fraction of sp³-hybridized carbons (Fsp3) is 0.562. The fourth-order valence-electron chi connectivity index (χ4n) is 2.20. The Kier molecular flexibility index (Phi) is 6.78. The van der Waals surface area contributed by atoms with Crippen LogP contribution in [0.4, 0.5) is 4.39 Å². The van der Waals surface area contributed by atoms with Gasteiger partial charge < -0.3 is 15.2 Å². The highest BCUT2D eigenvalue weighted by Crippen LogP contribution is 2.29. The number of esters is 1. The molecule has 1 aromatic rings. The topological polar surface area (TPSA) is 61.5 Å². The maximum atomic E-state index is 13.1. The Bertz CT molecular complexity index is 447. The van der Waals surface area contributed by atoms with E-state index in [2.05, 4.69) is 13.8 Å². The molecule has 4 nitrogen and oxygen atoms in total. The first-order valence-corrected chi connectivity index (χ1v) is 7.08. The van der Waals surface area contributed by atoms with Crippen molar-refractivity contribution in [1.29, 1.82) is 0 Å². The lowest BCUT2D eigenvalue weighted by molar-refractivity contribution is -0.148. The van der Waals surface area contributed by atoms with Gasteiger partial charge in [0.25, 0.3) is 0 Å². The predicted molar refractivity (Wildman–Crippen MR) is 79.4 cm³/mol. The first-order chi connectivity index (χ1) is 9.96. The van der Waals surface area contributed by atoms with E-state index < -0.39 is 11.4 Å². The summed E-state index contributed by atoms with van der Waals surface area (Å²) in [6.07, 6.45) is 0.397. The largest absolute Gasteiger partial charge is 0.468 e. The van der Waals surface area contributed by atoms with E-state index in [1.165, 1.54) is 19.2 Å². The van der Waals surface area contributed by atoms with E-state index in [1.54, 1.807) is 12.1 Å². The van der Waals surface area contributed by atoms with Crippen molar-refractivity contribution in [2.45, 2.75) is 25.7 Å². The second-order valence-electron chi connectivity index (χ2n) is 5.50. The molecule has 5 heteroatoms. The minimum atomic E-state index is -1.00. The number of hydrogen-bond acceptors (Lipinski definition) is 4. The Hall–Kier alpha value is -1.46. The summed E-state index contributed by atoms with van der Waals surface area (Å²) < 4.78 is 23.5. The molecule has 0 aliphatic heterocycles. The normalized spacial score (nSPS) is 14.0. The Morgan fingerprint density at radius 3 is 2.43 bits per heavy atom. The number of ether oxygens (including phenoxy) is 2. The molecule has 0 saturated carbocycles. The Morgan fingerprint density at radius 1 is 1.33 bits per heavy atom. The van der Waals surface area contributed by atoms with Crippen molar-refractivity contribution < 1.29 is 18.7 Å². The highest BCUT2D eigenvalue weighted by molar-refractivity contribution is 5.83. The number of carbonyl (C=O) groups excluding carboxylic acids is 1. The van der Waals surface area contributed by atoms with Gasteiger partial charge in [0.15, 0.2) is 0 Å². The maximum Gasteiger partial charge on any atom is 0.317 e. The van der Waals surface area contributed by atoms with Crippen LogP contribution in [-0.2, 0) is 19.7 Å². The van der Waals surface area contributed by atoms with Gasteiger partial charge in [-0.1, -0.05) is 26.0 Å². The van der Waals surface area contributed by atoms with Crippen LogP contribution in [0.5, 0.6) is 0 Å². The van der Waals surface area contributed by atoms with E-state index in [0.717, 1.165) is 0 Å². The summed E-state index contributed by atoms with van der Waals surface area (Å²) in [7, 11) is 1.32. The number of carbonyl (C=O) groups is 1. The van der Waals surface area contributed by atoms with Crippen molar-refractivity contribution in [1.82, 2.24) is 0 Å². The molecule has 0 spiro atoms. The Morgan fingerprint density at radius 2 is 1.95 bits per heavy atom. The zero-order chi connectivity index (χ0) is 15.9. The summed E-state index contributed by atoms with van der Waals surface area (Å²) in [5, 5.41) is 0. The molecule has 0 aliphatic rings. The van der Waals surface area contributed by atoms with Gasteiger partial charge in [-0.2, -0.15) is 0 Å². The molecule has 0 saturated heterocycles. The average Bonchev–Trinajstić information content (AvgIpc) is 2.48. The van der Waals surface area contributed by atoms with Crippen LogP contribution in [-0.4, -0.2) is 32.8 Å². The summed E-state index contributed by atoms with van der Waals surface area (Å²) in [6.45, 7) is 5.19. The number of rotatable bonds is 8. The third-order valence-corrected chi connectivity index (χ3v) is 3.45. The monoisotopic (exact) mass is 297 g/mol. The zero-order valence-electron chi connectivity index (χ0n) is 12.9. The smallest absolute Gasteiger partial charge is 0.317 e. The second kappa shape index (κ2) is 8.10. The zero-order valence-corrected chi connectivity index (χ0v) is 12.9. The number of methoxy groups -OCH3 is 1. The lowest BCUT2D eigenvalue weighted by Gasteiger charge is -2.30. The van der Waals surface area contributed by atoms with Gasteiger partial charge in [-0.05, 0) is 30.0 Å². The van der Waals surface area contributed by atoms with E-state index in [9.17, 15) is 9.18 Å². The first kappa shape index (κ1) is 17.6. The van der Waals surface area contributed by atoms with Crippen molar-refractivity contribution in [3.05, 3.63) is 35.6 Å². The number of benzene rings is 1. The molecule has 21 heavy (non-hydrogen) atoms. The van der Waals surface area contributed by atoms with Gasteiger partial charge >= 0.3 is 5.97 Å². The molecular formula is C16H24FNO3. The van der Waals surface area contributed by atoms with E-state index in [-0.39, 0.29) is 12.4 Å². The highest BCUT2D eigenvalue weighted by atomic mass is 19.1. The van der Waals surface area contributed by atoms with Crippen LogP contribution >= 0.6 is 0 Å². The van der Waals surface area contributed by atoms with Crippen molar-refractivity contribution in [2.24, 2.45) is 11.7 Å². The van der Waals surface area contributed by atoms with Crippen LogP contribution in [0.2, 0.25) is 0 Å². The molecule has 0 radical (unpaired) electrons. The van der Waals surface area contributed by atoms with Crippen LogP contribution < -0.4 is 5.73 Å². The van der Waals surface area contributed by atoms with E-state index >= 15 is 0 Å². The SMILES string of the molecule is COC(=O)C(CN)(CCOCC(C)C)c1ccc(F)cc1. The standard InChI is InChI=1S/C16H24FNO3/c1-12(2)10-21-9-8-16(11-18,15(19)20-3)13-4-6-14(17)7-5-13/h4-7,12H,8-11,18H2,1-3H3. The fourth-order valence-corrected chi connectivity index (χ4v) is 2.20. The molecular weight excluding hydrogens is 273 g/mol. The van der Waals surface area contributed by atoms with Crippen LogP contribution in [0.15, 0.2) is 24.3 Å². The Balaban J connectivity index is 2.93. The van der Waals surface area contributed by atoms with Gasteiger partial charge in [-0.15, -0.1) is 0 Å². The van der Waals surface area contributed by atoms with Crippen molar-refractivity contribution in [3.8, 4) is 0 Å². The van der Waals surface area contributed by atoms with Crippen LogP contribution in [0, 0.1) is 11.7 Å². The molecule has 1 unspecified atom stereocenters. The third-order valence-electron chi connectivity index (χ3n) is 3.45. The molecule has 0 bridgehead atoms. The van der Waals surface area contributed by atoms with Crippen molar-refractivity contribution in [2.75, 3.05) is 26.9 Å². The van der Waals surface area contributed by atoms with E-state index in [4.69, 9.17) is 15.2 Å². The lowest BCUT2D eigenvalue weighted by Crippen LogP contribution is -2.44. The number of hydrogen-bond donors (Lipinski definition) is 1. The highest BCUT2D eigenvalue weighted by Gasteiger charge is 2.40. The van der Waals surface area contributed by atoms with E-state index in [0.29, 0.717) is 31.1 Å². The number of nitrogens with two attached hydrogens (primary N) is 1. The summed E-state index contributed by atoms with van der Waals surface area (Å²) in [5.41, 5.74) is 5.49. The molecule has 1 atom stereocenters. The molecule has 0 fully saturated rings. The molecule has 0 aliphatic carbocycles. The molecule has 0 heterocycles. The van der Waals surface area contributed by atoms with Crippen LogP contribution in [0.3, 0.4) is 0 Å². The average molecular weight is 297 g/mol. The van der Waals surface area contributed by atoms with Gasteiger partial charge in [-0.25, -0.2) is 4.39 Å². The second-order valence-corrected chi connectivity index (χ2v) is 5.50. The molecule has 2 N–H and O–H groups in total. The number of halogens is 1.